The van der Waals surface area contributed by atoms with Gasteiger partial charge in [-0.05, 0) is 45.5 Å². The zero-order chi connectivity index (χ0) is 24.6. The van der Waals surface area contributed by atoms with Gasteiger partial charge in [-0.3, -0.25) is 0 Å². The Kier molecular flexibility index (Phi) is 7.50. The SMILES string of the molecule is COC(=O)[C@H](Cc1ccc(OCN=[N+]=[N-])cc1)NC(=O)OCC1c2ccccc2-c2ccccc21. The second-order valence-electron chi connectivity index (χ2n) is 7.90. The highest BCUT2D eigenvalue weighted by Gasteiger charge is 2.30. The van der Waals surface area contributed by atoms with E-state index in [-0.39, 0.29) is 25.7 Å². The van der Waals surface area contributed by atoms with Crippen molar-refractivity contribution in [1.82, 2.24) is 5.32 Å². The van der Waals surface area contributed by atoms with Crippen molar-refractivity contribution in [3.8, 4) is 16.9 Å². The van der Waals surface area contributed by atoms with Gasteiger partial charge < -0.3 is 19.5 Å². The molecule has 3 aromatic carbocycles. The molecule has 0 aliphatic heterocycles. The van der Waals surface area contributed by atoms with Crippen LogP contribution in [0, 0.1) is 0 Å². The molecule has 0 spiro atoms. The van der Waals surface area contributed by atoms with Gasteiger partial charge in [-0.1, -0.05) is 65.8 Å². The number of amides is 1. The third-order valence-corrected chi connectivity index (χ3v) is 5.84. The van der Waals surface area contributed by atoms with Gasteiger partial charge in [0.2, 0.25) is 0 Å². The molecule has 1 aliphatic carbocycles. The zero-order valence-electron chi connectivity index (χ0n) is 19.1. The van der Waals surface area contributed by atoms with E-state index in [1.165, 1.54) is 7.11 Å². The van der Waals surface area contributed by atoms with Crippen LogP contribution < -0.4 is 10.1 Å². The molecule has 0 bridgehead atoms. The Balaban J connectivity index is 1.39. The van der Waals surface area contributed by atoms with Crippen LogP contribution in [0.1, 0.15) is 22.6 Å². The van der Waals surface area contributed by atoms with Crippen molar-refractivity contribution in [1.29, 1.82) is 0 Å². The molecule has 9 heteroatoms. The second-order valence-corrected chi connectivity index (χ2v) is 7.90. The van der Waals surface area contributed by atoms with Gasteiger partial charge in [0, 0.05) is 17.3 Å². The molecule has 0 heterocycles. The van der Waals surface area contributed by atoms with Gasteiger partial charge in [0.25, 0.3) is 0 Å². The summed E-state index contributed by atoms with van der Waals surface area (Å²) in [5.41, 5.74) is 13.6. The van der Waals surface area contributed by atoms with E-state index in [0.717, 1.165) is 27.8 Å². The van der Waals surface area contributed by atoms with Crippen LogP contribution in [0.3, 0.4) is 0 Å². The summed E-state index contributed by atoms with van der Waals surface area (Å²) in [6.07, 6.45) is -0.496. The van der Waals surface area contributed by atoms with Crippen LogP contribution in [0.2, 0.25) is 0 Å². The van der Waals surface area contributed by atoms with E-state index < -0.39 is 18.1 Å². The molecule has 4 rings (SSSR count). The molecule has 35 heavy (non-hydrogen) atoms. The summed E-state index contributed by atoms with van der Waals surface area (Å²) in [4.78, 5) is 27.6. The largest absolute Gasteiger partial charge is 0.488 e. The monoisotopic (exact) mass is 472 g/mol. The van der Waals surface area contributed by atoms with Gasteiger partial charge in [-0.25, -0.2) is 9.59 Å². The van der Waals surface area contributed by atoms with Crippen molar-refractivity contribution in [2.24, 2.45) is 5.11 Å². The van der Waals surface area contributed by atoms with Crippen molar-refractivity contribution in [3.63, 3.8) is 0 Å². The summed E-state index contributed by atoms with van der Waals surface area (Å²) in [5.74, 6) is -0.148. The number of fused-ring (bicyclic) bond motifs is 3. The summed E-state index contributed by atoms with van der Waals surface area (Å²) < 4.78 is 15.7. The van der Waals surface area contributed by atoms with Crippen LogP contribution in [-0.2, 0) is 20.7 Å². The molecular formula is C26H24N4O5. The number of carbonyl (C=O) groups excluding carboxylic acids is 2. The van der Waals surface area contributed by atoms with Gasteiger partial charge in [0.05, 0.1) is 7.11 Å². The van der Waals surface area contributed by atoms with E-state index in [1.54, 1.807) is 24.3 Å². The Morgan fingerprint density at radius 1 is 1.00 bits per heavy atom. The lowest BCUT2D eigenvalue weighted by Crippen LogP contribution is -2.43. The van der Waals surface area contributed by atoms with E-state index in [1.807, 2.05) is 36.4 Å². The van der Waals surface area contributed by atoms with E-state index in [2.05, 4.69) is 27.5 Å². The number of ether oxygens (including phenoxy) is 3. The molecule has 1 N–H and O–H groups in total. The lowest BCUT2D eigenvalue weighted by molar-refractivity contribution is -0.143. The number of rotatable bonds is 9. The van der Waals surface area contributed by atoms with Gasteiger partial charge in [-0.15, -0.1) is 0 Å². The number of hydrogen-bond donors (Lipinski definition) is 1. The maximum atomic E-state index is 12.6. The van der Waals surface area contributed by atoms with Gasteiger partial charge in [-0.2, -0.15) is 0 Å². The van der Waals surface area contributed by atoms with E-state index >= 15 is 0 Å². The molecular weight excluding hydrogens is 448 g/mol. The van der Waals surface area contributed by atoms with Crippen molar-refractivity contribution in [2.75, 3.05) is 20.4 Å². The molecule has 0 fully saturated rings. The summed E-state index contributed by atoms with van der Waals surface area (Å²) >= 11 is 0. The normalized spacial score (nSPS) is 12.5. The zero-order valence-corrected chi connectivity index (χ0v) is 19.1. The Bertz CT molecular complexity index is 1210. The van der Waals surface area contributed by atoms with E-state index in [9.17, 15) is 9.59 Å². The van der Waals surface area contributed by atoms with Crippen LogP contribution in [0.5, 0.6) is 5.75 Å². The minimum Gasteiger partial charge on any atom is -0.488 e. The molecule has 1 atom stereocenters. The number of nitrogens with zero attached hydrogens (tertiary/aromatic N) is 3. The molecule has 9 nitrogen and oxygen atoms in total. The molecule has 178 valence electrons. The molecule has 0 saturated carbocycles. The third-order valence-electron chi connectivity index (χ3n) is 5.84. The fraction of sp³-hybridized carbons (Fsp3) is 0.231. The van der Waals surface area contributed by atoms with Gasteiger partial charge >= 0.3 is 12.1 Å². The Morgan fingerprint density at radius 2 is 1.63 bits per heavy atom. The number of hydrogen-bond acceptors (Lipinski definition) is 6. The quantitative estimate of drug-likeness (QED) is 0.204. The fourth-order valence-corrected chi connectivity index (χ4v) is 4.20. The molecule has 3 aromatic rings. The predicted octanol–water partition coefficient (Wildman–Crippen LogP) is 4.96. The summed E-state index contributed by atoms with van der Waals surface area (Å²) in [7, 11) is 1.27. The van der Waals surface area contributed by atoms with Crippen LogP contribution in [0.25, 0.3) is 21.6 Å². The highest BCUT2D eigenvalue weighted by Crippen LogP contribution is 2.44. The highest BCUT2D eigenvalue weighted by atomic mass is 16.6. The summed E-state index contributed by atoms with van der Waals surface area (Å²) in [5, 5.41) is 5.93. The number of benzene rings is 3. The summed E-state index contributed by atoms with van der Waals surface area (Å²) in [6.45, 7) is 0.0228. The van der Waals surface area contributed by atoms with Crippen LogP contribution >= 0.6 is 0 Å². The Morgan fingerprint density at radius 3 is 2.23 bits per heavy atom. The van der Waals surface area contributed by atoms with Crippen LogP contribution in [0.15, 0.2) is 77.9 Å². The van der Waals surface area contributed by atoms with Crippen molar-refractivity contribution in [3.05, 3.63) is 99.9 Å². The molecule has 0 aromatic heterocycles. The molecule has 0 saturated heterocycles. The van der Waals surface area contributed by atoms with Crippen molar-refractivity contribution in [2.45, 2.75) is 18.4 Å². The molecule has 1 amide bonds. The standard InChI is InChI=1S/C26H24N4O5/c1-33-25(31)24(14-17-10-12-18(13-11-17)35-16-28-30-27)29-26(32)34-15-23-21-8-4-2-6-19(21)20-7-3-5-9-22(20)23/h2-13,23-24H,14-16H2,1H3,(H,29,32)/t24-/m0/s1. The molecule has 1 aliphatic rings. The minimum atomic E-state index is -0.925. The van der Waals surface area contributed by atoms with Crippen molar-refractivity contribution < 1.29 is 23.8 Å². The number of nitrogens with one attached hydrogen (secondary N) is 1. The number of methoxy groups -OCH3 is 1. The first-order valence-corrected chi connectivity index (χ1v) is 11.0. The topological polar surface area (TPSA) is 123 Å². The smallest absolute Gasteiger partial charge is 0.407 e. The first kappa shape index (κ1) is 23.7. The molecule has 0 radical (unpaired) electrons. The first-order chi connectivity index (χ1) is 17.1. The van der Waals surface area contributed by atoms with Gasteiger partial charge in [0.15, 0.2) is 6.73 Å². The Hall–Kier alpha value is -4.49. The van der Waals surface area contributed by atoms with E-state index in [0.29, 0.717) is 5.75 Å². The maximum Gasteiger partial charge on any atom is 0.407 e. The first-order valence-electron chi connectivity index (χ1n) is 11.0. The number of carbonyl (C=O) groups is 2. The number of azide groups is 1. The number of alkyl carbamates (subject to hydrolysis) is 1. The average molecular weight is 473 g/mol. The van der Waals surface area contributed by atoms with Crippen molar-refractivity contribution >= 4 is 12.1 Å². The maximum absolute atomic E-state index is 12.6. The Labute approximate surface area is 202 Å². The lowest BCUT2D eigenvalue weighted by atomic mass is 9.98. The molecule has 0 unspecified atom stereocenters. The van der Waals surface area contributed by atoms with Crippen LogP contribution in [-0.4, -0.2) is 38.6 Å². The highest BCUT2D eigenvalue weighted by molar-refractivity contribution is 5.82. The second kappa shape index (κ2) is 11.1. The lowest BCUT2D eigenvalue weighted by Gasteiger charge is -2.18. The minimum absolute atomic E-state index is 0.0809. The average Bonchev–Trinajstić information content (AvgIpc) is 3.21. The van der Waals surface area contributed by atoms with E-state index in [4.69, 9.17) is 19.7 Å². The predicted molar refractivity (Wildman–Crippen MR) is 129 cm³/mol. The van der Waals surface area contributed by atoms with Gasteiger partial charge in [0.1, 0.15) is 18.4 Å². The number of esters is 1. The fourth-order valence-electron chi connectivity index (χ4n) is 4.20. The summed E-state index contributed by atoms with van der Waals surface area (Å²) in [6, 6.07) is 22.1. The third kappa shape index (κ3) is 5.54. The van der Waals surface area contributed by atoms with Crippen LogP contribution in [0.4, 0.5) is 4.79 Å².